The summed E-state index contributed by atoms with van der Waals surface area (Å²) in [5.41, 5.74) is 0.513. The fourth-order valence-corrected chi connectivity index (χ4v) is 1.63. The summed E-state index contributed by atoms with van der Waals surface area (Å²) in [5.74, 6) is 0.637. The molecule has 5 nitrogen and oxygen atoms in total. The molecular formula is C11H12N4O. The Balaban J connectivity index is 2.03. The van der Waals surface area contributed by atoms with Gasteiger partial charge in [-0.25, -0.2) is 4.98 Å². The lowest BCUT2D eigenvalue weighted by molar-refractivity contribution is -0.123. The fourth-order valence-electron chi connectivity index (χ4n) is 1.63. The van der Waals surface area contributed by atoms with Crippen molar-refractivity contribution in [1.29, 1.82) is 5.26 Å². The average Bonchev–Trinajstić information content (AvgIpc) is 2.33. The Bertz CT molecular complexity index is 421. The van der Waals surface area contributed by atoms with Gasteiger partial charge in [-0.3, -0.25) is 4.79 Å². The van der Waals surface area contributed by atoms with Crippen molar-refractivity contribution in [3.63, 3.8) is 0 Å². The van der Waals surface area contributed by atoms with Gasteiger partial charge in [-0.2, -0.15) is 5.26 Å². The molecule has 5 heteroatoms. The highest BCUT2D eigenvalue weighted by Gasteiger charge is 2.21. The summed E-state index contributed by atoms with van der Waals surface area (Å²) in [4.78, 5) is 15.5. The van der Waals surface area contributed by atoms with Gasteiger partial charge in [0, 0.05) is 12.7 Å². The Kier molecular flexibility index (Phi) is 3.01. The summed E-state index contributed by atoms with van der Waals surface area (Å²) in [6.07, 6.45) is 3.27. The van der Waals surface area contributed by atoms with Crippen molar-refractivity contribution in [1.82, 2.24) is 10.3 Å². The molecule has 1 atom stereocenters. The lowest BCUT2D eigenvalue weighted by atomic mass is 10.1. The van der Waals surface area contributed by atoms with E-state index in [9.17, 15) is 4.79 Å². The molecule has 2 N–H and O–H groups in total. The highest BCUT2D eigenvalue weighted by atomic mass is 16.2. The summed E-state index contributed by atoms with van der Waals surface area (Å²) < 4.78 is 0. The largest absolute Gasteiger partial charge is 0.358 e. The Hall–Kier alpha value is -2.09. The van der Waals surface area contributed by atoms with Gasteiger partial charge in [0.15, 0.2) is 0 Å². The van der Waals surface area contributed by atoms with E-state index in [4.69, 9.17) is 5.26 Å². The second-order valence-electron chi connectivity index (χ2n) is 3.67. The number of nitrogens with one attached hydrogen (secondary N) is 2. The number of aromatic nitrogens is 1. The standard InChI is InChI=1S/C11H12N4O/c12-6-8-3-4-10(14-7-8)15-9-2-1-5-13-11(9)16/h3-4,7,9H,1-2,5H2,(H,13,16)(H,14,15)/t9-/m0/s1. The highest BCUT2D eigenvalue weighted by Crippen LogP contribution is 2.11. The van der Waals surface area contributed by atoms with E-state index in [-0.39, 0.29) is 11.9 Å². The molecule has 2 heterocycles. The first-order chi connectivity index (χ1) is 7.79. The zero-order chi connectivity index (χ0) is 11.4. The van der Waals surface area contributed by atoms with Gasteiger partial charge in [0.2, 0.25) is 5.91 Å². The van der Waals surface area contributed by atoms with Crippen molar-refractivity contribution in [3.05, 3.63) is 23.9 Å². The Labute approximate surface area is 93.5 Å². The molecule has 1 aliphatic rings. The molecule has 82 valence electrons. The molecule has 1 aliphatic heterocycles. The maximum absolute atomic E-state index is 11.5. The van der Waals surface area contributed by atoms with Crippen LogP contribution in [0.1, 0.15) is 18.4 Å². The molecule has 0 aromatic carbocycles. The van der Waals surface area contributed by atoms with Crippen molar-refractivity contribution in [3.8, 4) is 6.07 Å². The number of amides is 1. The predicted octanol–water partition coefficient (Wildman–Crippen LogP) is 0.644. The van der Waals surface area contributed by atoms with Gasteiger partial charge in [0.05, 0.1) is 5.56 Å². The van der Waals surface area contributed by atoms with Crippen molar-refractivity contribution < 1.29 is 4.79 Å². The predicted molar refractivity (Wildman–Crippen MR) is 58.6 cm³/mol. The van der Waals surface area contributed by atoms with E-state index < -0.39 is 0 Å². The number of carbonyl (C=O) groups excluding carboxylic acids is 1. The summed E-state index contributed by atoms with van der Waals surface area (Å²) in [7, 11) is 0. The topological polar surface area (TPSA) is 77.8 Å². The van der Waals surface area contributed by atoms with Gasteiger partial charge in [-0.1, -0.05) is 0 Å². The second-order valence-corrected chi connectivity index (χ2v) is 3.67. The first kappa shape index (κ1) is 10.4. The highest BCUT2D eigenvalue weighted by molar-refractivity contribution is 5.84. The molecule has 0 unspecified atom stereocenters. The quantitative estimate of drug-likeness (QED) is 0.760. The number of piperidine rings is 1. The third kappa shape index (κ3) is 2.28. The maximum Gasteiger partial charge on any atom is 0.242 e. The first-order valence-corrected chi connectivity index (χ1v) is 5.20. The lowest BCUT2D eigenvalue weighted by Gasteiger charge is -2.23. The van der Waals surface area contributed by atoms with Gasteiger partial charge < -0.3 is 10.6 Å². The molecule has 1 aromatic heterocycles. The van der Waals surface area contributed by atoms with Crippen LogP contribution in [0.15, 0.2) is 18.3 Å². The van der Waals surface area contributed by atoms with Crippen LogP contribution in [0.5, 0.6) is 0 Å². The zero-order valence-corrected chi connectivity index (χ0v) is 8.73. The van der Waals surface area contributed by atoms with E-state index >= 15 is 0 Å². The fraction of sp³-hybridized carbons (Fsp3) is 0.364. The van der Waals surface area contributed by atoms with Gasteiger partial charge in [0.1, 0.15) is 17.9 Å². The van der Waals surface area contributed by atoms with Crippen LogP contribution in [-0.2, 0) is 4.79 Å². The average molecular weight is 216 g/mol. The normalized spacial score (nSPS) is 19.7. The monoisotopic (exact) mass is 216 g/mol. The van der Waals surface area contributed by atoms with E-state index in [0.29, 0.717) is 11.4 Å². The summed E-state index contributed by atoms with van der Waals surface area (Å²) >= 11 is 0. The Morgan fingerprint density at radius 1 is 1.56 bits per heavy atom. The van der Waals surface area contributed by atoms with Gasteiger partial charge in [-0.15, -0.1) is 0 Å². The second kappa shape index (κ2) is 4.62. The molecule has 2 rings (SSSR count). The molecule has 0 spiro atoms. The molecule has 1 amide bonds. The number of carbonyl (C=O) groups is 1. The summed E-state index contributed by atoms with van der Waals surface area (Å²) in [6.45, 7) is 0.748. The maximum atomic E-state index is 11.5. The minimum Gasteiger partial charge on any atom is -0.358 e. The van der Waals surface area contributed by atoms with Crippen LogP contribution in [0.3, 0.4) is 0 Å². The van der Waals surface area contributed by atoms with E-state index in [1.165, 1.54) is 6.20 Å². The molecule has 0 radical (unpaired) electrons. The third-order valence-corrected chi connectivity index (χ3v) is 2.50. The van der Waals surface area contributed by atoms with E-state index in [1.54, 1.807) is 12.1 Å². The SMILES string of the molecule is N#Cc1ccc(N[C@H]2CCCNC2=O)nc1. The summed E-state index contributed by atoms with van der Waals surface area (Å²) in [6, 6.07) is 5.17. The molecular weight excluding hydrogens is 204 g/mol. The van der Waals surface area contributed by atoms with Crippen molar-refractivity contribution in [2.75, 3.05) is 11.9 Å². The van der Waals surface area contributed by atoms with Crippen molar-refractivity contribution in [2.24, 2.45) is 0 Å². The van der Waals surface area contributed by atoms with Crippen LogP contribution in [0.25, 0.3) is 0 Å². The lowest BCUT2D eigenvalue weighted by Crippen LogP contribution is -2.44. The van der Waals surface area contributed by atoms with Crippen LogP contribution in [-0.4, -0.2) is 23.5 Å². The molecule has 0 saturated carbocycles. The van der Waals surface area contributed by atoms with Crippen molar-refractivity contribution >= 4 is 11.7 Å². The number of hydrogen-bond acceptors (Lipinski definition) is 4. The van der Waals surface area contributed by atoms with Crippen LogP contribution >= 0.6 is 0 Å². The number of hydrogen-bond donors (Lipinski definition) is 2. The Morgan fingerprint density at radius 3 is 3.06 bits per heavy atom. The molecule has 0 bridgehead atoms. The third-order valence-electron chi connectivity index (χ3n) is 2.50. The van der Waals surface area contributed by atoms with Crippen molar-refractivity contribution in [2.45, 2.75) is 18.9 Å². The minimum atomic E-state index is -0.214. The first-order valence-electron chi connectivity index (χ1n) is 5.20. The van der Waals surface area contributed by atoms with Crippen LogP contribution in [0.4, 0.5) is 5.82 Å². The molecule has 0 aliphatic carbocycles. The van der Waals surface area contributed by atoms with Gasteiger partial charge in [0.25, 0.3) is 0 Å². The number of nitriles is 1. The van der Waals surface area contributed by atoms with Gasteiger partial charge >= 0.3 is 0 Å². The van der Waals surface area contributed by atoms with Crippen LogP contribution in [0.2, 0.25) is 0 Å². The smallest absolute Gasteiger partial charge is 0.242 e. The van der Waals surface area contributed by atoms with Crippen LogP contribution in [0, 0.1) is 11.3 Å². The van der Waals surface area contributed by atoms with E-state index in [2.05, 4.69) is 15.6 Å². The molecule has 1 fully saturated rings. The van der Waals surface area contributed by atoms with E-state index in [1.807, 2.05) is 6.07 Å². The van der Waals surface area contributed by atoms with E-state index in [0.717, 1.165) is 19.4 Å². The minimum absolute atomic E-state index is 0.0115. The summed E-state index contributed by atoms with van der Waals surface area (Å²) in [5, 5.41) is 14.5. The van der Waals surface area contributed by atoms with Gasteiger partial charge in [-0.05, 0) is 25.0 Å². The van der Waals surface area contributed by atoms with Crippen LogP contribution < -0.4 is 10.6 Å². The number of nitrogens with zero attached hydrogens (tertiary/aromatic N) is 2. The molecule has 1 aromatic rings. The number of anilines is 1. The molecule has 16 heavy (non-hydrogen) atoms. The zero-order valence-electron chi connectivity index (χ0n) is 8.73. The Morgan fingerprint density at radius 2 is 2.44 bits per heavy atom. The number of rotatable bonds is 2. The molecule has 1 saturated heterocycles. The number of pyridine rings is 1.